The van der Waals surface area contributed by atoms with Crippen molar-refractivity contribution < 1.29 is 9.53 Å². The summed E-state index contributed by atoms with van der Waals surface area (Å²) in [6.07, 6.45) is 0. The third-order valence-electron chi connectivity index (χ3n) is 4.61. The Balaban J connectivity index is 1.62. The van der Waals surface area contributed by atoms with Gasteiger partial charge in [0.15, 0.2) is 5.82 Å². The number of aromatic nitrogens is 2. The van der Waals surface area contributed by atoms with Crippen molar-refractivity contribution in [3.05, 3.63) is 78.0 Å². The molecular weight excluding hydrogens is 352 g/mol. The smallest absolute Gasteiger partial charge is 0.270 e. The van der Waals surface area contributed by atoms with Crippen molar-refractivity contribution in [1.29, 1.82) is 0 Å². The van der Waals surface area contributed by atoms with Crippen LogP contribution in [0.5, 0.6) is 0 Å². The largest absolute Gasteiger partial charge is 0.378 e. The molecule has 0 spiro atoms. The molecule has 0 atom stereocenters. The van der Waals surface area contributed by atoms with Crippen LogP contribution in [0.25, 0.3) is 11.4 Å². The van der Waals surface area contributed by atoms with Crippen LogP contribution < -0.4 is 10.2 Å². The van der Waals surface area contributed by atoms with Crippen LogP contribution in [0, 0.1) is 0 Å². The van der Waals surface area contributed by atoms with Crippen molar-refractivity contribution in [2.45, 2.75) is 6.54 Å². The van der Waals surface area contributed by atoms with Gasteiger partial charge in [-0.15, -0.1) is 0 Å². The second-order valence-electron chi connectivity index (χ2n) is 6.57. The summed E-state index contributed by atoms with van der Waals surface area (Å²) >= 11 is 0. The Kier molecular flexibility index (Phi) is 5.58. The molecule has 3 aromatic rings. The molecule has 1 fully saturated rings. The van der Waals surface area contributed by atoms with E-state index in [9.17, 15) is 4.79 Å². The van der Waals surface area contributed by atoms with Gasteiger partial charge in [0.05, 0.1) is 13.2 Å². The van der Waals surface area contributed by atoms with Gasteiger partial charge in [-0.25, -0.2) is 9.97 Å². The number of amides is 1. The van der Waals surface area contributed by atoms with E-state index in [-0.39, 0.29) is 5.91 Å². The molecule has 1 saturated heterocycles. The zero-order valence-corrected chi connectivity index (χ0v) is 15.5. The molecule has 28 heavy (non-hydrogen) atoms. The lowest BCUT2D eigenvalue weighted by molar-refractivity contribution is 0.0946. The molecule has 4 rings (SSSR count). The van der Waals surface area contributed by atoms with Crippen molar-refractivity contribution >= 4 is 11.7 Å². The van der Waals surface area contributed by atoms with Crippen molar-refractivity contribution in [2.24, 2.45) is 0 Å². The highest BCUT2D eigenvalue weighted by atomic mass is 16.5. The predicted molar refractivity (Wildman–Crippen MR) is 108 cm³/mol. The average molecular weight is 374 g/mol. The minimum atomic E-state index is -0.210. The molecule has 1 aliphatic rings. The molecule has 1 amide bonds. The zero-order valence-electron chi connectivity index (χ0n) is 15.5. The highest BCUT2D eigenvalue weighted by molar-refractivity contribution is 5.93. The van der Waals surface area contributed by atoms with Gasteiger partial charge in [-0.3, -0.25) is 4.79 Å². The first-order chi connectivity index (χ1) is 13.8. The van der Waals surface area contributed by atoms with E-state index >= 15 is 0 Å². The van der Waals surface area contributed by atoms with Crippen LogP contribution in [0.1, 0.15) is 16.1 Å². The van der Waals surface area contributed by atoms with Crippen LogP contribution in [0.4, 0.5) is 5.82 Å². The first-order valence-electron chi connectivity index (χ1n) is 9.39. The summed E-state index contributed by atoms with van der Waals surface area (Å²) in [5, 5.41) is 2.95. The number of hydrogen-bond acceptors (Lipinski definition) is 5. The number of hydrogen-bond donors (Lipinski definition) is 1. The molecule has 0 aliphatic carbocycles. The van der Waals surface area contributed by atoms with E-state index in [2.05, 4.69) is 15.2 Å². The molecule has 1 aliphatic heterocycles. The number of benzene rings is 2. The number of morpholine rings is 1. The van der Waals surface area contributed by atoms with E-state index in [0.717, 1.165) is 30.0 Å². The molecular formula is C22H22N4O2. The van der Waals surface area contributed by atoms with Gasteiger partial charge in [0.25, 0.3) is 5.91 Å². The number of anilines is 1. The zero-order chi connectivity index (χ0) is 19.2. The maximum atomic E-state index is 12.8. The molecule has 2 heterocycles. The van der Waals surface area contributed by atoms with E-state index in [1.165, 1.54) is 0 Å². The van der Waals surface area contributed by atoms with Gasteiger partial charge in [0.2, 0.25) is 0 Å². The van der Waals surface area contributed by atoms with E-state index in [1.807, 2.05) is 60.7 Å². The number of rotatable bonds is 5. The quantitative estimate of drug-likeness (QED) is 0.744. The number of carbonyl (C=O) groups excluding carboxylic acids is 1. The average Bonchev–Trinajstić information content (AvgIpc) is 2.79. The molecule has 0 bridgehead atoms. The Morgan fingerprint density at radius 2 is 1.64 bits per heavy atom. The molecule has 1 N–H and O–H groups in total. The van der Waals surface area contributed by atoms with Crippen molar-refractivity contribution in [2.75, 3.05) is 31.2 Å². The van der Waals surface area contributed by atoms with E-state index in [0.29, 0.717) is 31.3 Å². The van der Waals surface area contributed by atoms with Crippen molar-refractivity contribution in [3.8, 4) is 11.4 Å². The summed E-state index contributed by atoms with van der Waals surface area (Å²) in [6, 6.07) is 21.3. The summed E-state index contributed by atoms with van der Waals surface area (Å²) < 4.78 is 5.44. The second-order valence-corrected chi connectivity index (χ2v) is 6.57. The molecule has 1 aromatic heterocycles. The maximum Gasteiger partial charge on any atom is 0.270 e. The van der Waals surface area contributed by atoms with E-state index in [4.69, 9.17) is 9.72 Å². The van der Waals surface area contributed by atoms with Crippen LogP contribution in [-0.2, 0) is 11.3 Å². The summed E-state index contributed by atoms with van der Waals surface area (Å²) in [7, 11) is 0. The molecule has 6 heteroatoms. The molecule has 6 nitrogen and oxygen atoms in total. The number of carbonyl (C=O) groups is 1. The highest BCUT2D eigenvalue weighted by Crippen LogP contribution is 2.21. The van der Waals surface area contributed by atoms with Crippen molar-refractivity contribution in [3.63, 3.8) is 0 Å². The van der Waals surface area contributed by atoms with E-state index in [1.54, 1.807) is 6.07 Å². The van der Waals surface area contributed by atoms with Gasteiger partial charge in [-0.2, -0.15) is 0 Å². The van der Waals surface area contributed by atoms with Gasteiger partial charge >= 0.3 is 0 Å². The van der Waals surface area contributed by atoms with Crippen LogP contribution >= 0.6 is 0 Å². The normalized spacial score (nSPS) is 13.9. The SMILES string of the molecule is O=C(NCc1ccccc1)c1cc(N2CCOCC2)nc(-c2ccccc2)n1. The van der Waals surface area contributed by atoms with Crippen LogP contribution in [-0.4, -0.2) is 42.2 Å². The van der Waals surface area contributed by atoms with Gasteiger partial charge in [-0.1, -0.05) is 60.7 Å². The fourth-order valence-electron chi connectivity index (χ4n) is 3.09. The van der Waals surface area contributed by atoms with Gasteiger partial charge in [0, 0.05) is 31.3 Å². The summed E-state index contributed by atoms with van der Waals surface area (Å²) in [4.78, 5) is 24.2. The third-order valence-corrected chi connectivity index (χ3v) is 4.61. The molecule has 0 unspecified atom stereocenters. The minimum absolute atomic E-state index is 0.210. The third kappa shape index (κ3) is 4.35. The van der Waals surface area contributed by atoms with E-state index < -0.39 is 0 Å². The van der Waals surface area contributed by atoms with Gasteiger partial charge < -0.3 is 15.0 Å². The Bertz CT molecular complexity index is 926. The Hall–Kier alpha value is -3.25. The number of nitrogens with zero attached hydrogens (tertiary/aromatic N) is 3. The van der Waals surface area contributed by atoms with Crippen molar-refractivity contribution in [1.82, 2.24) is 15.3 Å². The lowest BCUT2D eigenvalue weighted by Gasteiger charge is -2.28. The first kappa shape index (κ1) is 18.1. The topological polar surface area (TPSA) is 67.4 Å². The van der Waals surface area contributed by atoms with Gasteiger partial charge in [0.1, 0.15) is 11.5 Å². The predicted octanol–water partition coefficient (Wildman–Crippen LogP) is 2.91. The molecule has 142 valence electrons. The van der Waals surface area contributed by atoms with Gasteiger partial charge in [-0.05, 0) is 5.56 Å². The highest BCUT2D eigenvalue weighted by Gasteiger charge is 2.18. The summed E-state index contributed by atoms with van der Waals surface area (Å²) in [5.41, 5.74) is 2.29. The molecule has 2 aromatic carbocycles. The minimum Gasteiger partial charge on any atom is -0.378 e. The first-order valence-corrected chi connectivity index (χ1v) is 9.39. The molecule has 0 radical (unpaired) electrons. The monoisotopic (exact) mass is 374 g/mol. The Labute approximate surface area is 164 Å². The lowest BCUT2D eigenvalue weighted by atomic mass is 10.2. The van der Waals surface area contributed by atoms with Crippen LogP contribution in [0.15, 0.2) is 66.7 Å². The maximum absolute atomic E-state index is 12.8. The lowest BCUT2D eigenvalue weighted by Crippen LogP contribution is -2.37. The van der Waals surface area contributed by atoms with Crippen LogP contribution in [0.3, 0.4) is 0 Å². The summed E-state index contributed by atoms with van der Waals surface area (Å²) in [6.45, 7) is 3.25. The fraction of sp³-hybridized carbons (Fsp3) is 0.227. The number of nitrogens with one attached hydrogen (secondary N) is 1. The summed E-state index contributed by atoms with van der Waals surface area (Å²) in [5.74, 6) is 1.09. The second kappa shape index (κ2) is 8.63. The fourth-order valence-corrected chi connectivity index (χ4v) is 3.09. The van der Waals surface area contributed by atoms with Crippen LogP contribution in [0.2, 0.25) is 0 Å². The Morgan fingerprint density at radius 1 is 0.964 bits per heavy atom. The standard InChI is InChI=1S/C22H22N4O2/c27-22(23-16-17-7-3-1-4-8-17)19-15-20(26-11-13-28-14-12-26)25-21(24-19)18-9-5-2-6-10-18/h1-10,15H,11-14,16H2,(H,23,27). The Morgan fingerprint density at radius 3 is 2.36 bits per heavy atom. The molecule has 0 saturated carbocycles. The number of ether oxygens (including phenoxy) is 1.